The average Bonchev–Trinajstić information content (AvgIpc) is 2.02. The first kappa shape index (κ1) is 11.9. The number of aliphatic carboxylic acids is 1. The summed E-state index contributed by atoms with van der Waals surface area (Å²) < 4.78 is 4.94. The minimum atomic E-state index is -1.07. The highest BCUT2D eigenvalue weighted by Crippen LogP contribution is 2.00. The van der Waals surface area contributed by atoms with Gasteiger partial charge in [-0.2, -0.15) is 0 Å². The number of carbonyl (C=O) groups is 2. The van der Waals surface area contributed by atoms with Crippen molar-refractivity contribution < 1.29 is 19.4 Å². The molecule has 0 fully saturated rings. The summed E-state index contributed by atoms with van der Waals surface area (Å²) in [4.78, 5) is 22.9. The standard InChI is InChI=1S/C8H15NO4/c1-5(7(10)9(3)4)13-6(2)8(11)12/h5-6H,1-4H3,(H,11,12). The second-order valence-electron chi connectivity index (χ2n) is 2.99. The van der Waals surface area contributed by atoms with Gasteiger partial charge in [-0.25, -0.2) is 4.79 Å². The number of likely N-dealkylation sites (N-methyl/N-ethyl adjacent to an activating group) is 1. The third-order valence-corrected chi connectivity index (χ3v) is 1.54. The van der Waals surface area contributed by atoms with Crippen LogP contribution in [0.5, 0.6) is 0 Å². The van der Waals surface area contributed by atoms with E-state index >= 15 is 0 Å². The van der Waals surface area contributed by atoms with Crippen LogP contribution in [-0.2, 0) is 14.3 Å². The maximum Gasteiger partial charge on any atom is 0.332 e. The van der Waals surface area contributed by atoms with E-state index in [0.717, 1.165) is 0 Å². The van der Waals surface area contributed by atoms with Gasteiger partial charge in [0.05, 0.1) is 0 Å². The summed E-state index contributed by atoms with van der Waals surface area (Å²) in [5.41, 5.74) is 0. The van der Waals surface area contributed by atoms with E-state index in [0.29, 0.717) is 0 Å². The number of nitrogens with zero attached hydrogens (tertiary/aromatic N) is 1. The molecule has 5 heteroatoms. The van der Waals surface area contributed by atoms with E-state index in [4.69, 9.17) is 9.84 Å². The van der Waals surface area contributed by atoms with E-state index in [1.165, 1.54) is 18.7 Å². The van der Waals surface area contributed by atoms with Gasteiger partial charge in [0, 0.05) is 14.1 Å². The van der Waals surface area contributed by atoms with Crippen LogP contribution in [0.3, 0.4) is 0 Å². The molecule has 0 aliphatic rings. The van der Waals surface area contributed by atoms with Crippen molar-refractivity contribution in [1.29, 1.82) is 0 Å². The fraction of sp³-hybridized carbons (Fsp3) is 0.750. The number of rotatable bonds is 4. The zero-order chi connectivity index (χ0) is 10.6. The van der Waals surface area contributed by atoms with Crippen LogP contribution in [0.1, 0.15) is 13.8 Å². The number of carboxylic acids is 1. The molecule has 0 heterocycles. The molecule has 1 N–H and O–H groups in total. The van der Waals surface area contributed by atoms with Gasteiger partial charge >= 0.3 is 5.97 Å². The Bertz CT molecular complexity index is 202. The van der Waals surface area contributed by atoms with Gasteiger partial charge < -0.3 is 14.7 Å². The van der Waals surface area contributed by atoms with E-state index < -0.39 is 18.2 Å². The van der Waals surface area contributed by atoms with Crippen LogP contribution in [0.25, 0.3) is 0 Å². The summed E-state index contributed by atoms with van der Waals surface area (Å²) in [5, 5.41) is 8.50. The van der Waals surface area contributed by atoms with Gasteiger partial charge in [0.15, 0.2) is 6.10 Å². The first-order valence-corrected chi connectivity index (χ1v) is 3.95. The molecule has 0 radical (unpaired) electrons. The van der Waals surface area contributed by atoms with Crippen LogP contribution in [0.4, 0.5) is 0 Å². The SMILES string of the molecule is CC(OC(C)C(=O)N(C)C)C(=O)O. The molecule has 13 heavy (non-hydrogen) atoms. The first-order chi connectivity index (χ1) is 5.86. The van der Waals surface area contributed by atoms with Crippen molar-refractivity contribution in [3.05, 3.63) is 0 Å². The fourth-order valence-corrected chi connectivity index (χ4v) is 0.786. The Labute approximate surface area is 77.3 Å². The highest BCUT2D eigenvalue weighted by Gasteiger charge is 2.21. The van der Waals surface area contributed by atoms with Gasteiger partial charge in [-0.15, -0.1) is 0 Å². The van der Waals surface area contributed by atoms with Gasteiger partial charge in [0.25, 0.3) is 5.91 Å². The van der Waals surface area contributed by atoms with Gasteiger partial charge in [-0.05, 0) is 13.8 Å². The van der Waals surface area contributed by atoms with Crippen LogP contribution < -0.4 is 0 Å². The zero-order valence-corrected chi connectivity index (χ0v) is 8.27. The Kier molecular flexibility index (Phi) is 4.40. The number of carboxylic acid groups (broad SMARTS) is 1. The van der Waals surface area contributed by atoms with E-state index in [2.05, 4.69) is 0 Å². The lowest BCUT2D eigenvalue weighted by atomic mass is 10.3. The van der Waals surface area contributed by atoms with Crippen LogP contribution in [0.15, 0.2) is 0 Å². The molecule has 0 rings (SSSR count). The average molecular weight is 189 g/mol. The van der Waals surface area contributed by atoms with Gasteiger partial charge in [-0.1, -0.05) is 0 Å². The van der Waals surface area contributed by atoms with Crippen LogP contribution in [0, 0.1) is 0 Å². The Morgan fingerprint density at radius 2 is 1.69 bits per heavy atom. The molecular weight excluding hydrogens is 174 g/mol. The Morgan fingerprint density at radius 3 is 2.00 bits per heavy atom. The third-order valence-electron chi connectivity index (χ3n) is 1.54. The maximum atomic E-state index is 11.2. The van der Waals surface area contributed by atoms with Crippen molar-refractivity contribution in [2.45, 2.75) is 26.1 Å². The molecule has 76 valence electrons. The fourth-order valence-electron chi connectivity index (χ4n) is 0.786. The molecule has 0 spiro atoms. The molecule has 0 aliphatic carbocycles. The third kappa shape index (κ3) is 3.89. The predicted octanol–water partition coefficient (Wildman–Crippen LogP) is -0.0472. The monoisotopic (exact) mass is 189 g/mol. The van der Waals surface area contributed by atoms with Crippen molar-refractivity contribution in [1.82, 2.24) is 4.90 Å². The molecule has 0 aromatic rings. The smallest absolute Gasteiger partial charge is 0.332 e. The van der Waals surface area contributed by atoms with Crippen LogP contribution in [0.2, 0.25) is 0 Å². The topological polar surface area (TPSA) is 66.8 Å². The molecule has 5 nitrogen and oxygen atoms in total. The lowest BCUT2D eigenvalue weighted by Gasteiger charge is -2.19. The number of ether oxygens (including phenoxy) is 1. The molecule has 1 amide bonds. The summed E-state index contributed by atoms with van der Waals surface area (Å²) >= 11 is 0. The highest BCUT2D eigenvalue weighted by atomic mass is 16.5. The number of carbonyl (C=O) groups excluding carboxylic acids is 1. The van der Waals surface area contributed by atoms with Crippen LogP contribution in [-0.4, -0.2) is 48.2 Å². The van der Waals surface area contributed by atoms with Crippen molar-refractivity contribution in [3.8, 4) is 0 Å². The molecule has 0 aromatic heterocycles. The summed E-state index contributed by atoms with van der Waals surface area (Å²) in [6.07, 6.45) is -1.68. The number of hydrogen-bond acceptors (Lipinski definition) is 3. The lowest BCUT2D eigenvalue weighted by Crippen LogP contribution is -2.37. The predicted molar refractivity (Wildman–Crippen MR) is 46.3 cm³/mol. The van der Waals surface area contributed by atoms with Crippen molar-refractivity contribution >= 4 is 11.9 Å². The molecular formula is C8H15NO4. The molecule has 0 saturated carbocycles. The molecule has 0 bridgehead atoms. The summed E-state index contributed by atoms with van der Waals surface area (Å²) in [6.45, 7) is 2.92. The van der Waals surface area contributed by atoms with E-state index in [1.54, 1.807) is 14.1 Å². The number of hydrogen-bond donors (Lipinski definition) is 1. The molecule has 0 saturated heterocycles. The summed E-state index contributed by atoms with van der Waals surface area (Å²) in [6, 6.07) is 0. The van der Waals surface area contributed by atoms with Crippen molar-refractivity contribution in [2.24, 2.45) is 0 Å². The summed E-state index contributed by atoms with van der Waals surface area (Å²) in [7, 11) is 3.18. The van der Waals surface area contributed by atoms with Gasteiger partial charge in [0.1, 0.15) is 6.10 Å². The Hall–Kier alpha value is -1.10. The van der Waals surface area contributed by atoms with Gasteiger partial charge in [-0.3, -0.25) is 4.79 Å². The lowest BCUT2D eigenvalue weighted by molar-refractivity contribution is -0.158. The van der Waals surface area contributed by atoms with Crippen molar-refractivity contribution in [3.63, 3.8) is 0 Å². The number of amides is 1. The normalized spacial score (nSPS) is 14.8. The molecule has 2 atom stereocenters. The Balaban J connectivity index is 4.07. The molecule has 2 unspecified atom stereocenters. The minimum Gasteiger partial charge on any atom is -0.479 e. The molecule has 0 aromatic carbocycles. The first-order valence-electron chi connectivity index (χ1n) is 3.95. The largest absolute Gasteiger partial charge is 0.479 e. The highest BCUT2D eigenvalue weighted by molar-refractivity contribution is 5.80. The maximum absolute atomic E-state index is 11.2. The van der Waals surface area contributed by atoms with E-state index in [1.807, 2.05) is 0 Å². The van der Waals surface area contributed by atoms with Gasteiger partial charge in [0.2, 0.25) is 0 Å². The van der Waals surface area contributed by atoms with E-state index in [-0.39, 0.29) is 5.91 Å². The van der Waals surface area contributed by atoms with Crippen molar-refractivity contribution in [2.75, 3.05) is 14.1 Å². The quantitative estimate of drug-likeness (QED) is 0.673. The summed E-state index contributed by atoms with van der Waals surface area (Å²) in [5.74, 6) is -1.31. The second-order valence-corrected chi connectivity index (χ2v) is 2.99. The zero-order valence-electron chi connectivity index (χ0n) is 8.27. The molecule has 0 aliphatic heterocycles. The minimum absolute atomic E-state index is 0.242. The van der Waals surface area contributed by atoms with Crippen LogP contribution >= 0.6 is 0 Å². The van der Waals surface area contributed by atoms with E-state index in [9.17, 15) is 9.59 Å². The Morgan fingerprint density at radius 1 is 1.23 bits per heavy atom. The second kappa shape index (κ2) is 4.81.